The van der Waals surface area contributed by atoms with E-state index in [1.165, 1.54) is 11.1 Å². The quantitative estimate of drug-likeness (QED) is 0.606. The van der Waals surface area contributed by atoms with Crippen LogP contribution >= 0.6 is 0 Å². The molecule has 1 aromatic heterocycles. The maximum absolute atomic E-state index is 4.57. The fourth-order valence-corrected chi connectivity index (χ4v) is 2.25. The van der Waals surface area contributed by atoms with Gasteiger partial charge in [-0.2, -0.15) is 4.57 Å². The zero-order valence-electron chi connectivity index (χ0n) is 12.6. The minimum Gasteiger partial charge on any atom is -0.243 e. The lowest BCUT2D eigenvalue weighted by molar-refractivity contribution is -0.647. The molecule has 0 unspecified atom stereocenters. The van der Waals surface area contributed by atoms with Crippen LogP contribution in [0.2, 0.25) is 0 Å². The number of aryl methyl sites for hydroxylation is 1. The van der Waals surface area contributed by atoms with Crippen molar-refractivity contribution in [2.75, 3.05) is 0 Å². The highest BCUT2D eigenvalue weighted by atomic mass is 15.0. The summed E-state index contributed by atoms with van der Waals surface area (Å²) in [6.07, 6.45) is 6.16. The molecule has 102 valence electrons. The van der Waals surface area contributed by atoms with E-state index < -0.39 is 0 Å². The van der Waals surface area contributed by atoms with Gasteiger partial charge >= 0.3 is 0 Å². The molecule has 0 N–H and O–H groups in total. The normalized spacial score (nSPS) is 12.8. The number of aromatic nitrogens is 2. The number of nitrogens with zero attached hydrogens (tertiary/aromatic N) is 2. The van der Waals surface area contributed by atoms with Gasteiger partial charge in [0.2, 0.25) is 11.2 Å². The van der Waals surface area contributed by atoms with Crippen molar-refractivity contribution in [2.24, 2.45) is 7.05 Å². The average Bonchev–Trinajstić information content (AvgIpc) is 2.45. The number of fused-ring (bicyclic) bond motifs is 1. The van der Waals surface area contributed by atoms with Crippen LogP contribution in [-0.4, -0.2) is 4.98 Å². The fourth-order valence-electron chi connectivity index (χ4n) is 2.25. The standard InChI is InChI=1S/C18H21N2/c1-6-14(4)15(11-13(2)3)18-12-19-16-9-7-8-10-17(16)20(18)5/h6-12H,2H2,1,3-5H3/q+1/b14-6-,15-11+. The highest BCUT2D eigenvalue weighted by Crippen LogP contribution is 2.22. The highest BCUT2D eigenvalue weighted by Gasteiger charge is 2.17. The van der Waals surface area contributed by atoms with Gasteiger partial charge < -0.3 is 0 Å². The van der Waals surface area contributed by atoms with E-state index in [0.717, 1.165) is 22.3 Å². The van der Waals surface area contributed by atoms with Crippen LogP contribution in [0.4, 0.5) is 0 Å². The topological polar surface area (TPSA) is 16.8 Å². The Kier molecular flexibility index (Phi) is 4.14. The van der Waals surface area contributed by atoms with Gasteiger partial charge in [-0.1, -0.05) is 30.4 Å². The Morgan fingerprint density at radius 3 is 2.60 bits per heavy atom. The van der Waals surface area contributed by atoms with Gasteiger partial charge in [0.25, 0.3) is 0 Å². The first kappa shape index (κ1) is 14.2. The molecule has 1 heterocycles. The SMILES string of the molecule is C=C(C)/C=C(\C(C)=C/C)c1cnc2ccccc2[n+]1C. The molecule has 0 atom stereocenters. The van der Waals surface area contributed by atoms with Gasteiger partial charge in [0.05, 0.1) is 5.57 Å². The lowest BCUT2D eigenvalue weighted by atomic mass is 10.0. The summed E-state index contributed by atoms with van der Waals surface area (Å²) < 4.78 is 2.18. The third-order valence-electron chi connectivity index (χ3n) is 3.45. The molecule has 1 aromatic carbocycles. The molecule has 2 rings (SSSR count). The number of benzene rings is 1. The minimum atomic E-state index is 1.01. The maximum atomic E-state index is 4.57. The van der Waals surface area contributed by atoms with E-state index in [-0.39, 0.29) is 0 Å². The second-order valence-electron chi connectivity index (χ2n) is 5.07. The Hall–Kier alpha value is -2.22. The summed E-state index contributed by atoms with van der Waals surface area (Å²) in [4.78, 5) is 4.57. The van der Waals surface area contributed by atoms with Crippen LogP contribution in [0.25, 0.3) is 16.6 Å². The molecule has 0 aliphatic carbocycles. The van der Waals surface area contributed by atoms with Crippen LogP contribution in [0.1, 0.15) is 26.5 Å². The molecule has 2 nitrogen and oxygen atoms in total. The Morgan fingerprint density at radius 2 is 1.95 bits per heavy atom. The third kappa shape index (κ3) is 2.69. The van der Waals surface area contributed by atoms with E-state index in [4.69, 9.17) is 0 Å². The van der Waals surface area contributed by atoms with Gasteiger partial charge in [-0.05, 0) is 38.5 Å². The molecular formula is C18H21N2+. The molecule has 2 aromatic rings. The van der Waals surface area contributed by atoms with E-state index in [1.807, 2.05) is 31.3 Å². The van der Waals surface area contributed by atoms with Crippen LogP contribution in [0.3, 0.4) is 0 Å². The summed E-state index contributed by atoms with van der Waals surface area (Å²) in [7, 11) is 2.08. The summed E-state index contributed by atoms with van der Waals surface area (Å²) in [5.74, 6) is 0. The van der Waals surface area contributed by atoms with Crippen LogP contribution in [0.15, 0.2) is 60.3 Å². The number of allylic oxidation sites excluding steroid dienone is 5. The zero-order valence-corrected chi connectivity index (χ0v) is 12.6. The van der Waals surface area contributed by atoms with Gasteiger partial charge in [0.1, 0.15) is 18.8 Å². The van der Waals surface area contributed by atoms with Gasteiger partial charge in [-0.15, -0.1) is 0 Å². The fraction of sp³-hybridized carbons (Fsp3) is 0.222. The lowest BCUT2D eigenvalue weighted by Crippen LogP contribution is -2.34. The predicted octanol–water partition coefficient (Wildman–Crippen LogP) is 3.99. The summed E-state index contributed by atoms with van der Waals surface area (Å²) in [5.41, 5.74) is 6.66. The van der Waals surface area contributed by atoms with Crippen molar-refractivity contribution in [3.05, 3.63) is 66.0 Å². The van der Waals surface area contributed by atoms with Crippen LogP contribution < -0.4 is 4.57 Å². The van der Waals surface area contributed by atoms with Crippen LogP contribution in [0, 0.1) is 0 Å². The van der Waals surface area contributed by atoms with E-state index >= 15 is 0 Å². The van der Waals surface area contributed by atoms with Gasteiger partial charge in [-0.25, -0.2) is 4.98 Å². The zero-order chi connectivity index (χ0) is 14.7. The number of rotatable bonds is 3. The van der Waals surface area contributed by atoms with Gasteiger partial charge in [0.15, 0.2) is 0 Å². The Labute approximate surface area is 120 Å². The first-order chi connectivity index (χ1) is 9.54. The second-order valence-corrected chi connectivity index (χ2v) is 5.07. The second kappa shape index (κ2) is 5.83. The van der Waals surface area contributed by atoms with Crippen molar-refractivity contribution in [2.45, 2.75) is 20.8 Å². The Balaban J connectivity index is 2.72. The summed E-state index contributed by atoms with van der Waals surface area (Å²) >= 11 is 0. The molecule has 0 radical (unpaired) electrons. The summed E-state index contributed by atoms with van der Waals surface area (Å²) in [6, 6.07) is 8.17. The average molecular weight is 265 g/mol. The molecule has 0 saturated carbocycles. The molecule has 0 aliphatic heterocycles. The molecule has 0 saturated heterocycles. The molecule has 20 heavy (non-hydrogen) atoms. The van der Waals surface area contributed by atoms with E-state index in [1.54, 1.807) is 0 Å². The minimum absolute atomic E-state index is 1.01. The highest BCUT2D eigenvalue weighted by molar-refractivity contribution is 5.79. The molecular weight excluding hydrogens is 244 g/mol. The van der Waals surface area contributed by atoms with Crippen LogP contribution in [0.5, 0.6) is 0 Å². The van der Waals surface area contributed by atoms with E-state index in [9.17, 15) is 0 Å². The monoisotopic (exact) mass is 265 g/mol. The van der Waals surface area contributed by atoms with Crippen molar-refractivity contribution in [1.82, 2.24) is 4.98 Å². The number of hydrogen-bond acceptors (Lipinski definition) is 1. The summed E-state index contributed by atoms with van der Waals surface area (Å²) in [5, 5.41) is 0. The van der Waals surface area contributed by atoms with E-state index in [0.29, 0.717) is 0 Å². The molecule has 0 aliphatic rings. The van der Waals surface area contributed by atoms with Crippen LogP contribution in [-0.2, 0) is 7.05 Å². The van der Waals surface area contributed by atoms with Crippen molar-refractivity contribution < 1.29 is 4.57 Å². The van der Waals surface area contributed by atoms with Crippen molar-refractivity contribution in [1.29, 1.82) is 0 Å². The Bertz CT molecular complexity index is 721. The molecule has 0 spiro atoms. The molecule has 2 heteroatoms. The number of para-hydroxylation sites is 2. The first-order valence-electron chi connectivity index (χ1n) is 6.79. The first-order valence-corrected chi connectivity index (χ1v) is 6.79. The van der Waals surface area contributed by atoms with Crippen molar-refractivity contribution in [3.63, 3.8) is 0 Å². The summed E-state index contributed by atoms with van der Waals surface area (Å²) in [6.45, 7) is 10.2. The molecule has 0 bridgehead atoms. The maximum Gasteiger partial charge on any atom is 0.231 e. The molecule has 0 amide bonds. The van der Waals surface area contributed by atoms with E-state index in [2.05, 4.69) is 55.2 Å². The Morgan fingerprint density at radius 1 is 1.25 bits per heavy atom. The van der Waals surface area contributed by atoms with Crippen molar-refractivity contribution in [3.8, 4) is 0 Å². The van der Waals surface area contributed by atoms with Gasteiger partial charge in [0, 0.05) is 6.07 Å². The number of hydrogen-bond donors (Lipinski definition) is 0. The predicted molar refractivity (Wildman–Crippen MR) is 85.1 cm³/mol. The third-order valence-corrected chi connectivity index (χ3v) is 3.45. The van der Waals surface area contributed by atoms with Gasteiger partial charge in [-0.3, -0.25) is 0 Å². The smallest absolute Gasteiger partial charge is 0.231 e. The largest absolute Gasteiger partial charge is 0.243 e. The van der Waals surface area contributed by atoms with Crippen molar-refractivity contribution >= 4 is 16.6 Å². The molecule has 0 fully saturated rings. The lowest BCUT2D eigenvalue weighted by Gasteiger charge is -2.08.